The van der Waals surface area contributed by atoms with Gasteiger partial charge in [0.2, 0.25) is 3.83 Å². The van der Waals surface area contributed by atoms with Crippen LogP contribution in [0.3, 0.4) is 0 Å². The lowest BCUT2D eigenvalue weighted by Crippen LogP contribution is -1.84. The topological polar surface area (TPSA) is 43.6 Å². The number of nitrogens with zero attached hydrogens (tertiary/aromatic N) is 4. The van der Waals surface area contributed by atoms with Gasteiger partial charge in [0.15, 0.2) is 0 Å². The number of hydrogen-bond acceptors (Lipinski definition) is 3. The lowest BCUT2D eigenvalue weighted by Gasteiger charge is -1.65. The Hall–Kier alpha value is -0.270. The maximum Gasteiger partial charge on any atom is 0.237 e. The monoisotopic (exact) mass is 214 g/mol. The average Bonchev–Trinajstić information content (AvgIpc) is 1.87. The van der Waals surface area contributed by atoms with E-state index in [0.717, 1.165) is 0 Å². The molecule has 0 aliphatic carbocycles. The number of aromatic nitrogens is 4. The predicted octanol–water partition coefficient (Wildman–Crippen LogP) is 0.0103. The molecule has 7 heavy (non-hydrogen) atoms. The number of hydrogen-bond donors (Lipinski definition) is 0. The standard InChI is InChI=1S/CFIN4/c2-7-5-1(3)4-6-7. The molecule has 0 amide bonds. The van der Waals surface area contributed by atoms with E-state index in [1.807, 2.05) is 0 Å². The minimum atomic E-state index is -0.0816. The van der Waals surface area contributed by atoms with Gasteiger partial charge in [0.25, 0.3) is 0 Å². The largest absolute Gasteiger partial charge is 0.237 e. The van der Waals surface area contributed by atoms with Crippen LogP contribution in [0.1, 0.15) is 0 Å². The molecule has 0 aromatic carbocycles. The van der Waals surface area contributed by atoms with Crippen molar-refractivity contribution in [2.45, 2.75) is 0 Å². The quantitative estimate of drug-likeness (QED) is 0.571. The Kier molecular flexibility index (Phi) is 1.17. The van der Waals surface area contributed by atoms with Crippen LogP contribution in [0.5, 0.6) is 0 Å². The molecule has 38 valence electrons. The first-order valence-electron chi connectivity index (χ1n) is 1.41. The fourth-order valence-electron chi connectivity index (χ4n) is 0.182. The lowest BCUT2D eigenvalue weighted by atomic mass is 11.4. The van der Waals surface area contributed by atoms with Crippen molar-refractivity contribution in [3.8, 4) is 0 Å². The Bertz CT molecular complexity index is 144. The molecule has 0 unspecified atom stereocenters. The van der Waals surface area contributed by atoms with Crippen molar-refractivity contribution in [2.75, 3.05) is 0 Å². The van der Waals surface area contributed by atoms with Gasteiger partial charge in [0.05, 0.1) is 0 Å². The van der Waals surface area contributed by atoms with Gasteiger partial charge in [-0.15, -0.1) is 0 Å². The fourth-order valence-corrected chi connectivity index (χ4v) is 0.456. The molecule has 1 heterocycles. The van der Waals surface area contributed by atoms with Crippen LogP contribution in [-0.4, -0.2) is 20.4 Å². The fraction of sp³-hybridized carbons (Fsp3) is 0. The molecular weight excluding hydrogens is 214 g/mol. The lowest BCUT2D eigenvalue weighted by molar-refractivity contribution is 0.257. The highest BCUT2D eigenvalue weighted by molar-refractivity contribution is 14.1. The molecule has 0 fully saturated rings. The normalized spacial score (nSPS) is 9.43. The molecule has 0 saturated carbocycles. The summed E-state index contributed by atoms with van der Waals surface area (Å²) in [6.45, 7) is 0. The number of rotatable bonds is 0. The molecule has 6 heteroatoms. The van der Waals surface area contributed by atoms with Gasteiger partial charge in [-0.05, 0) is 5.21 Å². The Labute approximate surface area is 51.8 Å². The summed E-state index contributed by atoms with van der Waals surface area (Å²) in [7, 11) is 0. The van der Waals surface area contributed by atoms with Crippen molar-refractivity contribution in [2.24, 2.45) is 0 Å². The molecule has 0 atom stereocenters. The van der Waals surface area contributed by atoms with E-state index < -0.39 is 0 Å². The predicted molar refractivity (Wildman–Crippen MR) is 27.0 cm³/mol. The van der Waals surface area contributed by atoms with Crippen LogP contribution >= 0.6 is 22.6 Å². The highest BCUT2D eigenvalue weighted by Gasteiger charge is 1.91. The SMILES string of the molecule is Fn1nnc(I)n1. The van der Waals surface area contributed by atoms with Crippen LogP contribution in [0.15, 0.2) is 0 Å². The first kappa shape index (κ1) is 4.88. The Morgan fingerprint density at radius 1 is 1.71 bits per heavy atom. The molecule has 1 aromatic rings. The molecule has 0 saturated heterocycles. The van der Waals surface area contributed by atoms with E-state index in [2.05, 4.69) is 15.4 Å². The summed E-state index contributed by atoms with van der Waals surface area (Å²) in [6, 6.07) is 0. The molecule has 0 N–H and O–H groups in total. The second kappa shape index (κ2) is 1.68. The average molecular weight is 214 g/mol. The van der Waals surface area contributed by atoms with Gasteiger partial charge in [-0.2, -0.15) is 0 Å². The Morgan fingerprint density at radius 3 is 2.57 bits per heavy atom. The van der Waals surface area contributed by atoms with Crippen LogP contribution < -0.4 is 0 Å². The zero-order valence-electron chi connectivity index (χ0n) is 3.04. The first-order valence-corrected chi connectivity index (χ1v) is 2.48. The molecule has 1 rings (SSSR count). The van der Waals surface area contributed by atoms with Gasteiger partial charge >= 0.3 is 0 Å². The summed E-state index contributed by atoms with van der Waals surface area (Å²) in [6.07, 6.45) is 0. The molecule has 0 aliphatic rings. The minimum absolute atomic E-state index is 0.0816. The van der Waals surface area contributed by atoms with Gasteiger partial charge in [0, 0.05) is 27.6 Å². The van der Waals surface area contributed by atoms with E-state index in [1.54, 1.807) is 22.6 Å². The van der Waals surface area contributed by atoms with Crippen molar-refractivity contribution >= 4 is 22.6 Å². The summed E-state index contributed by atoms with van der Waals surface area (Å²) in [5, 5.41) is 9.17. The molecule has 1 aromatic heterocycles. The van der Waals surface area contributed by atoms with Gasteiger partial charge in [-0.3, -0.25) is 0 Å². The second-order valence-electron chi connectivity index (χ2n) is 0.799. The third-order valence-electron chi connectivity index (χ3n) is 0.366. The van der Waals surface area contributed by atoms with Crippen LogP contribution in [0, 0.1) is 3.83 Å². The van der Waals surface area contributed by atoms with Crippen molar-refractivity contribution in [1.82, 2.24) is 20.4 Å². The summed E-state index contributed by atoms with van der Waals surface area (Å²) in [5.74, 6) is 0. The van der Waals surface area contributed by atoms with E-state index in [0.29, 0.717) is 3.83 Å². The molecule has 4 nitrogen and oxygen atoms in total. The van der Waals surface area contributed by atoms with Gasteiger partial charge in [0.1, 0.15) is 0 Å². The third kappa shape index (κ3) is 1.05. The zero-order valence-corrected chi connectivity index (χ0v) is 5.20. The highest BCUT2D eigenvalue weighted by atomic mass is 127. The first-order chi connectivity index (χ1) is 3.29. The van der Waals surface area contributed by atoms with Gasteiger partial charge in [-0.25, -0.2) is 0 Å². The summed E-state index contributed by atoms with van der Waals surface area (Å²) >= 11 is 1.76. The summed E-state index contributed by atoms with van der Waals surface area (Å²) < 4.78 is 11.9. The Morgan fingerprint density at radius 2 is 2.43 bits per heavy atom. The minimum Gasteiger partial charge on any atom is -0.0995 e. The molecule has 0 bridgehead atoms. The van der Waals surface area contributed by atoms with E-state index in [1.165, 1.54) is 0 Å². The van der Waals surface area contributed by atoms with Crippen LogP contribution in [0.4, 0.5) is 4.48 Å². The molecule has 0 spiro atoms. The van der Waals surface area contributed by atoms with Crippen molar-refractivity contribution in [3.05, 3.63) is 3.83 Å². The molecular formula is CFIN4. The summed E-state index contributed by atoms with van der Waals surface area (Å²) in [4.78, 5) is 0. The smallest absolute Gasteiger partial charge is 0.0995 e. The molecule has 0 radical (unpaired) electrons. The van der Waals surface area contributed by atoms with E-state index in [9.17, 15) is 4.48 Å². The van der Waals surface area contributed by atoms with E-state index in [-0.39, 0.29) is 5.02 Å². The van der Waals surface area contributed by atoms with E-state index in [4.69, 9.17) is 0 Å². The maximum absolute atomic E-state index is 11.6. The summed E-state index contributed by atoms with van der Waals surface area (Å²) in [5.41, 5.74) is 0. The van der Waals surface area contributed by atoms with Crippen molar-refractivity contribution < 1.29 is 4.48 Å². The van der Waals surface area contributed by atoms with Crippen LogP contribution in [0.2, 0.25) is 0 Å². The van der Waals surface area contributed by atoms with Crippen molar-refractivity contribution in [3.63, 3.8) is 0 Å². The highest BCUT2D eigenvalue weighted by Crippen LogP contribution is 1.88. The van der Waals surface area contributed by atoms with Crippen LogP contribution in [0.25, 0.3) is 0 Å². The van der Waals surface area contributed by atoms with Crippen molar-refractivity contribution in [1.29, 1.82) is 0 Å². The third-order valence-corrected chi connectivity index (χ3v) is 0.798. The maximum atomic E-state index is 11.6. The molecule has 0 aliphatic heterocycles. The zero-order chi connectivity index (χ0) is 5.28. The van der Waals surface area contributed by atoms with Gasteiger partial charge in [-0.1, -0.05) is 14.7 Å². The van der Waals surface area contributed by atoms with E-state index >= 15 is 0 Å². The second-order valence-corrected chi connectivity index (χ2v) is 1.76. The Balaban J connectivity index is 3.04. The number of tetrazole rings is 1. The van der Waals surface area contributed by atoms with Crippen LogP contribution in [-0.2, 0) is 0 Å². The van der Waals surface area contributed by atoms with Gasteiger partial charge < -0.3 is 0 Å². The number of halogens is 2.